The molecule has 0 atom stereocenters. The van der Waals surface area contributed by atoms with Gasteiger partial charge in [-0.15, -0.1) is 11.3 Å². The van der Waals surface area contributed by atoms with Gasteiger partial charge in [-0.05, 0) is 48.9 Å². The fraction of sp³-hybridized carbons (Fsp3) is 0.200. The molecule has 0 aliphatic rings. The first kappa shape index (κ1) is 19.2. The largest absolute Gasteiger partial charge is 0.497 e. The van der Waals surface area contributed by atoms with Crippen molar-refractivity contribution in [1.29, 1.82) is 0 Å². The van der Waals surface area contributed by atoms with E-state index < -0.39 is 0 Å². The molecule has 0 spiro atoms. The normalized spacial score (nSPS) is 10.5. The molecule has 3 rings (SSSR count). The Labute approximate surface area is 166 Å². The van der Waals surface area contributed by atoms with Gasteiger partial charge in [0.1, 0.15) is 28.0 Å². The van der Waals surface area contributed by atoms with E-state index >= 15 is 0 Å². The van der Waals surface area contributed by atoms with Gasteiger partial charge in [0.05, 0.1) is 12.8 Å². The topological polar surface area (TPSA) is 60.5 Å². The van der Waals surface area contributed by atoms with Crippen molar-refractivity contribution in [1.82, 2.24) is 10.3 Å². The van der Waals surface area contributed by atoms with Gasteiger partial charge in [0.15, 0.2) is 0 Å². The Kier molecular flexibility index (Phi) is 6.32. The van der Waals surface area contributed by atoms with Gasteiger partial charge in [-0.1, -0.05) is 23.7 Å². The van der Waals surface area contributed by atoms with Crippen LogP contribution in [0, 0.1) is 6.92 Å². The zero-order valence-corrected chi connectivity index (χ0v) is 16.6. The number of nitrogens with one attached hydrogen (secondary N) is 1. The second-order valence-corrected chi connectivity index (χ2v) is 7.32. The van der Waals surface area contributed by atoms with Crippen molar-refractivity contribution in [2.45, 2.75) is 20.1 Å². The van der Waals surface area contributed by atoms with Crippen molar-refractivity contribution >= 4 is 28.8 Å². The Morgan fingerprint density at radius 1 is 1.11 bits per heavy atom. The summed E-state index contributed by atoms with van der Waals surface area (Å²) in [7, 11) is 1.62. The second kappa shape index (κ2) is 8.88. The number of aromatic nitrogens is 1. The molecule has 0 unspecified atom stereocenters. The summed E-state index contributed by atoms with van der Waals surface area (Å²) in [6.45, 7) is 2.57. The van der Waals surface area contributed by atoms with Crippen LogP contribution in [-0.2, 0) is 13.2 Å². The molecule has 1 aromatic heterocycles. The molecule has 140 valence electrons. The Bertz CT molecular complexity index is 908. The van der Waals surface area contributed by atoms with Gasteiger partial charge < -0.3 is 14.8 Å². The van der Waals surface area contributed by atoms with E-state index in [1.54, 1.807) is 31.4 Å². The summed E-state index contributed by atoms with van der Waals surface area (Å²) in [5.41, 5.74) is 1.69. The summed E-state index contributed by atoms with van der Waals surface area (Å²) in [6, 6.07) is 14.7. The van der Waals surface area contributed by atoms with E-state index in [0.29, 0.717) is 34.5 Å². The summed E-state index contributed by atoms with van der Waals surface area (Å²) in [6.07, 6.45) is 0. The predicted octanol–water partition coefficient (Wildman–Crippen LogP) is 4.62. The predicted molar refractivity (Wildman–Crippen MR) is 107 cm³/mol. The van der Waals surface area contributed by atoms with Crippen LogP contribution >= 0.6 is 22.9 Å². The Morgan fingerprint density at radius 3 is 2.44 bits per heavy atom. The van der Waals surface area contributed by atoms with Crippen molar-refractivity contribution in [2.75, 3.05) is 7.11 Å². The molecule has 5 nitrogen and oxygen atoms in total. The Hall–Kier alpha value is -2.57. The number of amides is 1. The highest BCUT2D eigenvalue weighted by Crippen LogP contribution is 2.21. The lowest BCUT2D eigenvalue weighted by molar-refractivity contribution is 0.0954. The van der Waals surface area contributed by atoms with Crippen molar-refractivity contribution in [3.8, 4) is 11.5 Å². The Balaban J connectivity index is 1.57. The first-order valence-electron chi connectivity index (χ1n) is 8.31. The lowest BCUT2D eigenvalue weighted by atomic mass is 10.2. The van der Waals surface area contributed by atoms with E-state index in [1.165, 1.54) is 11.3 Å². The number of aryl methyl sites for hydroxylation is 1. The maximum absolute atomic E-state index is 12.5. The highest BCUT2D eigenvalue weighted by molar-refractivity contribution is 7.13. The van der Waals surface area contributed by atoms with Gasteiger partial charge in [0.2, 0.25) is 0 Å². The number of methoxy groups -OCH3 is 1. The molecule has 7 heteroatoms. The molecular formula is C20H19ClN2O3S. The van der Waals surface area contributed by atoms with Gasteiger partial charge in [0, 0.05) is 11.6 Å². The zero-order valence-electron chi connectivity index (χ0n) is 15.0. The number of ether oxygens (including phenoxy) is 2. The molecule has 2 aromatic carbocycles. The maximum atomic E-state index is 12.5. The van der Waals surface area contributed by atoms with Crippen LogP contribution in [0.4, 0.5) is 0 Å². The molecule has 0 fully saturated rings. The standard InChI is InChI=1S/C20H19ClN2O3S/c1-13-19(20(24)22-11-14-3-7-16(25-2)8-4-14)27-18(23-13)12-26-17-9-5-15(21)6-10-17/h3-10H,11-12H2,1-2H3,(H,22,24). The zero-order chi connectivity index (χ0) is 19.2. The molecule has 0 saturated carbocycles. The SMILES string of the molecule is COc1ccc(CNC(=O)c2sc(COc3ccc(Cl)cc3)nc2C)cc1. The van der Waals surface area contributed by atoms with Crippen molar-refractivity contribution in [3.63, 3.8) is 0 Å². The molecule has 1 N–H and O–H groups in total. The number of thiazole rings is 1. The monoisotopic (exact) mass is 402 g/mol. The average Bonchev–Trinajstić information content (AvgIpc) is 3.07. The van der Waals surface area contributed by atoms with Crippen LogP contribution in [0.2, 0.25) is 5.02 Å². The second-order valence-electron chi connectivity index (χ2n) is 5.80. The minimum atomic E-state index is -0.140. The third-order valence-electron chi connectivity index (χ3n) is 3.84. The van der Waals surface area contributed by atoms with Crippen molar-refractivity contribution in [3.05, 3.63) is 74.7 Å². The van der Waals surface area contributed by atoms with Crippen LogP contribution < -0.4 is 14.8 Å². The lowest BCUT2D eigenvalue weighted by Crippen LogP contribution is -2.22. The molecule has 0 saturated heterocycles. The molecular weight excluding hydrogens is 384 g/mol. The van der Waals surface area contributed by atoms with Crippen molar-refractivity contribution < 1.29 is 14.3 Å². The average molecular weight is 403 g/mol. The van der Waals surface area contributed by atoms with Gasteiger partial charge >= 0.3 is 0 Å². The molecule has 1 heterocycles. The van der Waals surface area contributed by atoms with Crippen LogP contribution in [0.1, 0.15) is 25.9 Å². The number of hydrogen-bond acceptors (Lipinski definition) is 5. The van der Waals surface area contributed by atoms with Gasteiger partial charge in [0.25, 0.3) is 5.91 Å². The molecule has 0 aliphatic heterocycles. The maximum Gasteiger partial charge on any atom is 0.263 e. The number of benzene rings is 2. The van der Waals surface area contributed by atoms with E-state index in [-0.39, 0.29) is 5.91 Å². The number of rotatable bonds is 7. The first-order chi connectivity index (χ1) is 13.0. The number of nitrogens with zero attached hydrogens (tertiary/aromatic N) is 1. The first-order valence-corrected chi connectivity index (χ1v) is 9.50. The van der Waals surface area contributed by atoms with Crippen molar-refractivity contribution in [2.24, 2.45) is 0 Å². The molecule has 0 aliphatic carbocycles. The molecule has 1 amide bonds. The third kappa shape index (κ3) is 5.21. The molecule has 27 heavy (non-hydrogen) atoms. The van der Waals surface area contributed by atoms with Crippen LogP contribution in [-0.4, -0.2) is 18.0 Å². The fourth-order valence-electron chi connectivity index (χ4n) is 2.41. The van der Waals surface area contributed by atoms with Crippen LogP contribution in [0.25, 0.3) is 0 Å². The van der Waals surface area contributed by atoms with E-state index in [4.69, 9.17) is 21.1 Å². The Morgan fingerprint density at radius 2 is 1.78 bits per heavy atom. The quantitative estimate of drug-likeness (QED) is 0.626. The number of carbonyl (C=O) groups is 1. The van der Waals surface area contributed by atoms with Gasteiger partial charge in [-0.3, -0.25) is 4.79 Å². The van der Waals surface area contributed by atoms with Gasteiger partial charge in [-0.2, -0.15) is 0 Å². The van der Waals surface area contributed by atoms with E-state index in [0.717, 1.165) is 16.3 Å². The summed E-state index contributed by atoms with van der Waals surface area (Å²) in [5.74, 6) is 1.35. The smallest absolute Gasteiger partial charge is 0.263 e. The number of hydrogen-bond donors (Lipinski definition) is 1. The summed E-state index contributed by atoms with van der Waals surface area (Å²) < 4.78 is 10.8. The fourth-order valence-corrected chi connectivity index (χ4v) is 3.43. The number of halogens is 1. The van der Waals surface area contributed by atoms with Crippen LogP contribution in [0.5, 0.6) is 11.5 Å². The van der Waals surface area contributed by atoms with Crippen LogP contribution in [0.15, 0.2) is 48.5 Å². The highest BCUT2D eigenvalue weighted by atomic mass is 35.5. The highest BCUT2D eigenvalue weighted by Gasteiger charge is 2.15. The number of carbonyl (C=O) groups excluding carboxylic acids is 1. The third-order valence-corrected chi connectivity index (χ3v) is 5.22. The summed E-state index contributed by atoms with van der Waals surface area (Å²) in [5, 5.41) is 4.33. The summed E-state index contributed by atoms with van der Waals surface area (Å²) in [4.78, 5) is 17.5. The minimum absolute atomic E-state index is 0.140. The van der Waals surface area contributed by atoms with Gasteiger partial charge in [-0.25, -0.2) is 4.98 Å². The van der Waals surface area contributed by atoms with Crippen LogP contribution in [0.3, 0.4) is 0 Å². The minimum Gasteiger partial charge on any atom is -0.497 e. The van der Waals surface area contributed by atoms with E-state index in [2.05, 4.69) is 10.3 Å². The molecule has 3 aromatic rings. The lowest BCUT2D eigenvalue weighted by Gasteiger charge is -2.05. The molecule has 0 bridgehead atoms. The summed E-state index contributed by atoms with van der Waals surface area (Å²) >= 11 is 7.20. The molecule has 0 radical (unpaired) electrons. The van der Waals surface area contributed by atoms with E-state index in [9.17, 15) is 4.79 Å². The van der Waals surface area contributed by atoms with E-state index in [1.807, 2.05) is 31.2 Å².